The summed E-state index contributed by atoms with van der Waals surface area (Å²) < 4.78 is 0. The molecule has 0 unspecified atom stereocenters. The lowest BCUT2D eigenvalue weighted by atomic mass is 10.2. The zero-order chi connectivity index (χ0) is 12.3. The molecule has 4 nitrogen and oxygen atoms in total. The minimum Gasteiger partial charge on any atom is -0.383 e. The van der Waals surface area contributed by atoms with Crippen molar-refractivity contribution in [1.82, 2.24) is 4.98 Å². The summed E-state index contributed by atoms with van der Waals surface area (Å²) in [6.07, 6.45) is 1.61. The van der Waals surface area contributed by atoms with E-state index in [0.29, 0.717) is 21.0 Å². The molecule has 0 amide bonds. The highest BCUT2D eigenvalue weighted by atomic mass is 35.5. The van der Waals surface area contributed by atoms with E-state index in [-0.39, 0.29) is 0 Å². The Bertz CT molecular complexity index is 533. The molecule has 2 rings (SSSR count). The third-order valence-corrected chi connectivity index (χ3v) is 2.98. The second kappa shape index (κ2) is 5.35. The predicted molar refractivity (Wildman–Crippen MR) is 74.2 cm³/mol. The molecular weight excluding hydrogens is 279 g/mol. The Labute approximate surface area is 112 Å². The van der Waals surface area contributed by atoms with Crippen LogP contribution >= 0.6 is 34.5 Å². The molecule has 0 saturated heterocycles. The number of nitrogens with zero attached hydrogens (tertiary/aromatic N) is 2. The molecule has 0 spiro atoms. The molecule has 0 aliphatic carbocycles. The van der Waals surface area contributed by atoms with Gasteiger partial charge < -0.3 is 5.73 Å². The predicted octanol–water partition coefficient (Wildman–Crippen LogP) is 3.48. The lowest BCUT2D eigenvalue weighted by Crippen LogP contribution is -1.91. The first kappa shape index (κ1) is 12.2. The summed E-state index contributed by atoms with van der Waals surface area (Å²) in [4.78, 5) is 4.00. The largest absolute Gasteiger partial charge is 0.383 e. The number of nitrogen functional groups attached to an aromatic ring is 1. The Morgan fingerprint density at radius 2 is 2.00 bits per heavy atom. The van der Waals surface area contributed by atoms with Crippen LogP contribution in [0.2, 0.25) is 10.0 Å². The van der Waals surface area contributed by atoms with Gasteiger partial charge >= 0.3 is 0 Å². The Balaban J connectivity index is 2.05. The fourth-order valence-electron chi connectivity index (χ4n) is 1.15. The van der Waals surface area contributed by atoms with Crippen LogP contribution in [0.4, 0.5) is 10.9 Å². The Morgan fingerprint density at radius 1 is 1.29 bits per heavy atom. The van der Waals surface area contributed by atoms with Gasteiger partial charge in [0.25, 0.3) is 0 Å². The molecule has 1 aromatic carbocycles. The van der Waals surface area contributed by atoms with Gasteiger partial charge in [-0.25, -0.2) is 4.98 Å². The first-order valence-electron chi connectivity index (χ1n) is 4.59. The number of hydrogen-bond donors (Lipinski definition) is 2. The van der Waals surface area contributed by atoms with E-state index in [2.05, 4.69) is 15.5 Å². The Hall–Kier alpha value is -1.30. The molecule has 0 aliphatic heterocycles. The van der Waals surface area contributed by atoms with E-state index >= 15 is 0 Å². The quantitative estimate of drug-likeness (QED) is 0.671. The van der Waals surface area contributed by atoms with E-state index in [9.17, 15) is 0 Å². The van der Waals surface area contributed by atoms with Gasteiger partial charge in [0, 0.05) is 15.4 Å². The maximum Gasteiger partial charge on any atom is 0.205 e. The molecule has 0 atom stereocenters. The molecule has 1 heterocycles. The van der Waals surface area contributed by atoms with Crippen molar-refractivity contribution in [3.8, 4) is 0 Å². The monoisotopic (exact) mass is 286 g/mol. The van der Waals surface area contributed by atoms with Crippen LogP contribution in [0.1, 0.15) is 5.56 Å². The number of hydrazone groups is 1. The van der Waals surface area contributed by atoms with Gasteiger partial charge in [-0.2, -0.15) is 5.10 Å². The summed E-state index contributed by atoms with van der Waals surface area (Å²) in [6, 6.07) is 5.18. The van der Waals surface area contributed by atoms with E-state index < -0.39 is 0 Å². The van der Waals surface area contributed by atoms with Gasteiger partial charge in [0.2, 0.25) is 5.13 Å². The molecule has 1 aromatic heterocycles. The summed E-state index contributed by atoms with van der Waals surface area (Å²) in [5.74, 6) is 0.471. The number of anilines is 2. The summed E-state index contributed by atoms with van der Waals surface area (Å²) in [5, 5.41) is 7.50. The molecule has 17 heavy (non-hydrogen) atoms. The molecule has 0 radical (unpaired) electrons. The molecule has 0 saturated carbocycles. The number of hydrogen-bond acceptors (Lipinski definition) is 5. The van der Waals surface area contributed by atoms with Crippen molar-refractivity contribution in [2.75, 3.05) is 11.2 Å². The topological polar surface area (TPSA) is 63.3 Å². The van der Waals surface area contributed by atoms with E-state index in [1.165, 1.54) is 11.3 Å². The van der Waals surface area contributed by atoms with E-state index in [0.717, 1.165) is 5.56 Å². The zero-order valence-corrected chi connectivity index (χ0v) is 10.9. The van der Waals surface area contributed by atoms with Gasteiger partial charge in [-0.15, -0.1) is 11.3 Å². The van der Waals surface area contributed by atoms with Crippen LogP contribution in [0.15, 0.2) is 28.7 Å². The summed E-state index contributed by atoms with van der Waals surface area (Å²) in [6.45, 7) is 0. The minimum absolute atomic E-state index is 0.471. The first-order valence-corrected chi connectivity index (χ1v) is 6.23. The number of nitrogens with one attached hydrogen (secondary N) is 1. The number of benzene rings is 1. The maximum absolute atomic E-state index is 5.86. The highest BCUT2D eigenvalue weighted by Crippen LogP contribution is 2.18. The van der Waals surface area contributed by atoms with Crippen molar-refractivity contribution in [3.05, 3.63) is 39.2 Å². The second-order valence-corrected chi connectivity index (χ2v) is 4.88. The SMILES string of the molecule is Nc1csc(NN=Cc2cc(Cl)cc(Cl)c2)n1. The molecular formula is C10H8Cl2N4S. The molecule has 88 valence electrons. The summed E-state index contributed by atoms with van der Waals surface area (Å²) in [7, 11) is 0. The third kappa shape index (κ3) is 3.59. The van der Waals surface area contributed by atoms with Crippen molar-refractivity contribution >= 4 is 51.7 Å². The number of halogens is 2. The van der Waals surface area contributed by atoms with Gasteiger partial charge in [0.1, 0.15) is 5.82 Å². The number of nitrogens with two attached hydrogens (primary N) is 1. The van der Waals surface area contributed by atoms with Gasteiger partial charge in [-0.05, 0) is 23.8 Å². The maximum atomic E-state index is 5.86. The Morgan fingerprint density at radius 3 is 2.59 bits per heavy atom. The fraction of sp³-hybridized carbons (Fsp3) is 0. The molecule has 0 fully saturated rings. The fourth-order valence-corrected chi connectivity index (χ4v) is 2.24. The van der Waals surface area contributed by atoms with Crippen molar-refractivity contribution < 1.29 is 0 Å². The molecule has 7 heteroatoms. The first-order chi connectivity index (χ1) is 8.13. The average molecular weight is 287 g/mol. The van der Waals surface area contributed by atoms with E-state index in [1.807, 2.05) is 0 Å². The third-order valence-electron chi connectivity index (χ3n) is 1.78. The zero-order valence-electron chi connectivity index (χ0n) is 8.52. The van der Waals surface area contributed by atoms with Crippen LogP contribution in [0.25, 0.3) is 0 Å². The lowest BCUT2D eigenvalue weighted by molar-refractivity contribution is 1.29. The van der Waals surface area contributed by atoms with Gasteiger partial charge in [-0.3, -0.25) is 5.43 Å². The van der Waals surface area contributed by atoms with Crippen molar-refractivity contribution in [1.29, 1.82) is 0 Å². The van der Waals surface area contributed by atoms with Crippen LogP contribution in [-0.2, 0) is 0 Å². The number of rotatable bonds is 3. The van der Waals surface area contributed by atoms with Gasteiger partial charge in [0.05, 0.1) is 6.21 Å². The van der Waals surface area contributed by atoms with Crippen LogP contribution < -0.4 is 11.2 Å². The van der Waals surface area contributed by atoms with Crippen LogP contribution in [0.5, 0.6) is 0 Å². The molecule has 3 N–H and O–H groups in total. The van der Waals surface area contributed by atoms with Crippen LogP contribution in [-0.4, -0.2) is 11.2 Å². The van der Waals surface area contributed by atoms with E-state index in [1.54, 1.807) is 29.8 Å². The van der Waals surface area contributed by atoms with Crippen LogP contribution in [0, 0.1) is 0 Å². The average Bonchev–Trinajstić information content (AvgIpc) is 2.63. The smallest absolute Gasteiger partial charge is 0.205 e. The van der Waals surface area contributed by atoms with Crippen molar-refractivity contribution in [2.45, 2.75) is 0 Å². The van der Waals surface area contributed by atoms with Gasteiger partial charge in [-0.1, -0.05) is 23.2 Å². The molecule has 0 aliphatic rings. The van der Waals surface area contributed by atoms with E-state index in [4.69, 9.17) is 28.9 Å². The lowest BCUT2D eigenvalue weighted by Gasteiger charge is -1.97. The van der Waals surface area contributed by atoms with Crippen molar-refractivity contribution in [2.24, 2.45) is 5.10 Å². The number of aromatic nitrogens is 1. The molecule has 0 bridgehead atoms. The number of thiazole rings is 1. The highest BCUT2D eigenvalue weighted by Gasteiger charge is 1.97. The second-order valence-electron chi connectivity index (χ2n) is 3.15. The Kier molecular flexibility index (Phi) is 3.83. The van der Waals surface area contributed by atoms with Crippen LogP contribution in [0.3, 0.4) is 0 Å². The normalized spacial score (nSPS) is 10.9. The minimum atomic E-state index is 0.471. The summed E-state index contributed by atoms with van der Waals surface area (Å²) in [5.41, 5.74) is 9.04. The van der Waals surface area contributed by atoms with Crippen molar-refractivity contribution in [3.63, 3.8) is 0 Å². The summed E-state index contributed by atoms with van der Waals surface area (Å²) >= 11 is 13.1. The highest BCUT2D eigenvalue weighted by molar-refractivity contribution is 7.14. The molecule has 2 aromatic rings. The van der Waals surface area contributed by atoms with Gasteiger partial charge in [0.15, 0.2) is 0 Å². The standard InChI is InChI=1S/C10H8Cl2N4S/c11-7-1-6(2-8(12)3-7)4-14-16-10-15-9(13)5-17-10/h1-5H,13H2,(H,15,16).